The minimum Gasteiger partial charge on any atom is -0.339 e. The molecule has 3 aliphatic heterocycles. The highest BCUT2D eigenvalue weighted by molar-refractivity contribution is 5.93. The van der Waals surface area contributed by atoms with Gasteiger partial charge >= 0.3 is 0 Å². The van der Waals surface area contributed by atoms with Gasteiger partial charge in [-0.3, -0.25) is 14.4 Å². The first-order valence-electron chi connectivity index (χ1n) is 9.92. The van der Waals surface area contributed by atoms with Crippen LogP contribution in [0.2, 0.25) is 0 Å². The van der Waals surface area contributed by atoms with Gasteiger partial charge in [-0.2, -0.15) is 0 Å². The molecule has 4 heterocycles. The lowest BCUT2D eigenvalue weighted by atomic mass is 9.72. The van der Waals surface area contributed by atoms with Crippen LogP contribution in [0.3, 0.4) is 0 Å². The summed E-state index contributed by atoms with van der Waals surface area (Å²) in [5, 5.41) is 0. The van der Waals surface area contributed by atoms with Crippen LogP contribution < -0.4 is 5.56 Å². The fourth-order valence-corrected chi connectivity index (χ4v) is 4.86. The van der Waals surface area contributed by atoms with Crippen LogP contribution >= 0.6 is 0 Å². The predicted octanol–water partition coefficient (Wildman–Crippen LogP) is 0.924. The van der Waals surface area contributed by atoms with E-state index in [1.54, 1.807) is 6.07 Å². The van der Waals surface area contributed by atoms with E-state index in [1.165, 1.54) is 12.3 Å². The van der Waals surface area contributed by atoms with E-state index < -0.39 is 0 Å². The van der Waals surface area contributed by atoms with Gasteiger partial charge in [-0.05, 0) is 50.8 Å². The minimum absolute atomic E-state index is 0.0257. The van der Waals surface area contributed by atoms with E-state index in [0.29, 0.717) is 37.0 Å². The number of aromatic nitrogens is 1. The number of hydrogen-bond acceptors (Lipinski definition) is 4. The Balaban J connectivity index is 1.40. The third kappa shape index (κ3) is 3.65. The van der Waals surface area contributed by atoms with Crippen molar-refractivity contribution in [2.24, 2.45) is 5.41 Å². The average molecular weight is 372 g/mol. The number of aromatic amines is 1. The number of nitrogens with one attached hydrogen (secondary N) is 1. The molecule has 0 radical (unpaired) electrons. The van der Waals surface area contributed by atoms with Gasteiger partial charge < -0.3 is 19.7 Å². The Morgan fingerprint density at radius 2 is 1.93 bits per heavy atom. The van der Waals surface area contributed by atoms with Crippen LogP contribution in [0.25, 0.3) is 0 Å². The molecule has 3 saturated heterocycles. The Morgan fingerprint density at radius 1 is 1.15 bits per heavy atom. The fourth-order valence-electron chi connectivity index (χ4n) is 4.86. The Kier molecular flexibility index (Phi) is 4.80. The van der Waals surface area contributed by atoms with Gasteiger partial charge in [0.05, 0.1) is 5.56 Å². The Bertz CT molecular complexity index is 761. The van der Waals surface area contributed by atoms with E-state index in [2.05, 4.69) is 21.8 Å². The van der Waals surface area contributed by atoms with Crippen molar-refractivity contribution in [1.29, 1.82) is 0 Å². The van der Waals surface area contributed by atoms with Gasteiger partial charge in [0.25, 0.3) is 5.91 Å². The number of likely N-dealkylation sites (N-methyl/N-ethyl adjacent to an activating group) is 1. The summed E-state index contributed by atoms with van der Waals surface area (Å²) in [6.45, 7) is 4.29. The van der Waals surface area contributed by atoms with Crippen LogP contribution in [-0.4, -0.2) is 77.3 Å². The molecule has 7 heteroatoms. The van der Waals surface area contributed by atoms with E-state index in [1.807, 2.05) is 4.90 Å². The van der Waals surface area contributed by atoms with E-state index in [-0.39, 0.29) is 16.9 Å². The Hall–Kier alpha value is -2.15. The van der Waals surface area contributed by atoms with Crippen molar-refractivity contribution >= 4 is 11.8 Å². The Labute approximate surface area is 159 Å². The molecular weight excluding hydrogens is 344 g/mol. The average Bonchev–Trinajstić information content (AvgIpc) is 3.11. The molecule has 146 valence electrons. The van der Waals surface area contributed by atoms with Gasteiger partial charge in [0, 0.05) is 50.9 Å². The molecule has 0 aromatic carbocycles. The largest absolute Gasteiger partial charge is 0.339 e. The van der Waals surface area contributed by atoms with Gasteiger partial charge in [-0.1, -0.05) is 0 Å². The zero-order chi connectivity index (χ0) is 19.0. The first-order valence-corrected chi connectivity index (χ1v) is 9.92. The first kappa shape index (κ1) is 18.2. The summed E-state index contributed by atoms with van der Waals surface area (Å²) in [4.78, 5) is 45.3. The van der Waals surface area contributed by atoms with Gasteiger partial charge in [0.1, 0.15) is 0 Å². The van der Waals surface area contributed by atoms with Crippen molar-refractivity contribution < 1.29 is 9.59 Å². The SMILES string of the molecule is CN1CCC(N2CC3(CCC2=O)CCN(C(=O)c2ccc(=O)[nH]c2)CC3)C1. The number of carbonyl (C=O) groups is 2. The maximum atomic E-state index is 12.7. The minimum atomic E-state index is -0.200. The van der Waals surface area contributed by atoms with Crippen LogP contribution in [0.1, 0.15) is 42.5 Å². The summed E-state index contributed by atoms with van der Waals surface area (Å²) in [5.41, 5.74) is 0.477. The number of rotatable bonds is 2. The standard InChI is InChI=1S/C20H28N4O3/c1-22-9-5-16(13-22)24-14-20(6-4-18(24)26)7-10-23(11-8-20)19(27)15-2-3-17(25)21-12-15/h2-3,12,16H,4-11,13-14H2,1H3,(H,21,25). The van der Waals surface area contributed by atoms with Gasteiger partial charge in [-0.15, -0.1) is 0 Å². The van der Waals surface area contributed by atoms with Crippen LogP contribution in [0, 0.1) is 5.41 Å². The summed E-state index contributed by atoms with van der Waals surface area (Å²) in [5.74, 6) is 0.273. The highest BCUT2D eigenvalue weighted by atomic mass is 16.2. The van der Waals surface area contributed by atoms with Crippen LogP contribution in [0.5, 0.6) is 0 Å². The van der Waals surface area contributed by atoms with Crippen molar-refractivity contribution in [3.05, 3.63) is 34.2 Å². The quantitative estimate of drug-likeness (QED) is 0.838. The van der Waals surface area contributed by atoms with Gasteiger partial charge in [-0.25, -0.2) is 0 Å². The molecule has 4 rings (SSSR count). The van der Waals surface area contributed by atoms with Crippen LogP contribution in [0.4, 0.5) is 0 Å². The number of carbonyl (C=O) groups excluding carboxylic acids is 2. The van der Waals surface area contributed by atoms with Crippen LogP contribution in [-0.2, 0) is 4.79 Å². The molecule has 7 nitrogen and oxygen atoms in total. The molecular formula is C20H28N4O3. The molecule has 1 N–H and O–H groups in total. The molecule has 1 unspecified atom stereocenters. The molecule has 1 aromatic rings. The lowest BCUT2D eigenvalue weighted by Gasteiger charge is -2.49. The summed E-state index contributed by atoms with van der Waals surface area (Å²) >= 11 is 0. The number of pyridine rings is 1. The van der Waals surface area contributed by atoms with Crippen LogP contribution in [0.15, 0.2) is 23.1 Å². The molecule has 3 aliphatic rings. The maximum absolute atomic E-state index is 12.7. The van der Waals surface area contributed by atoms with Gasteiger partial charge in [0.2, 0.25) is 11.5 Å². The van der Waals surface area contributed by atoms with Crippen molar-refractivity contribution in [1.82, 2.24) is 19.7 Å². The van der Waals surface area contributed by atoms with E-state index >= 15 is 0 Å². The molecule has 1 aromatic heterocycles. The first-order chi connectivity index (χ1) is 13.0. The van der Waals surface area contributed by atoms with Crippen molar-refractivity contribution in [3.8, 4) is 0 Å². The number of amides is 2. The number of piperidine rings is 2. The normalized spacial score (nSPS) is 26.0. The monoisotopic (exact) mass is 372 g/mol. The molecule has 27 heavy (non-hydrogen) atoms. The third-order valence-electron chi connectivity index (χ3n) is 6.64. The smallest absolute Gasteiger partial charge is 0.255 e. The fraction of sp³-hybridized carbons (Fsp3) is 0.650. The molecule has 0 aliphatic carbocycles. The highest BCUT2D eigenvalue weighted by Gasteiger charge is 2.44. The number of likely N-dealkylation sites (tertiary alicyclic amines) is 3. The third-order valence-corrected chi connectivity index (χ3v) is 6.64. The highest BCUT2D eigenvalue weighted by Crippen LogP contribution is 2.41. The number of hydrogen-bond donors (Lipinski definition) is 1. The van der Waals surface area contributed by atoms with Gasteiger partial charge in [0.15, 0.2) is 0 Å². The molecule has 3 fully saturated rings. The van der Waals surface area contributed by atoms with Crippen molar-refractivity contribution in [3.63, 3.8) is 0 Å². The second kappa shape index (κ2) is 7.11. The second-order valence-electron chi connectivity index (χ2n) is 8.46. The molecule has 1 atom stereocenters. The predicted molar refractivity (Wildman–Crippen MR) is 101 cm³/mol. The summed E-state index contributed by atoms with van der Waals surface area (Å²) in [6, 6.07) is 3.32. The zero-order valence-electron chi connectivity index (χ0n) is 15.9. The molecule has 0 bridgehead atoms. The van der Waals surface area contributed by atoms with E-state index in [4.69, 9.17) is 0 Å². The lowest BCUT2D eigenvalue weighted by Crippen LogP contribution is -2.55. The summed E-state index contributed by atoms with van der Waals surface area (Å²) in [6.07, 6.45) is 6.00. The summed E-state index contributed by atoms with van der Waals surface area (Å²) < 4.78 is 0. The molecule has 1 spiro atoms. The zero-order valence-corrected chi connectivity index (χ0v) is 15.9. The molecule has 2 amide bonds. The number of nitrogens with zero attached hydrogens (tertiary/aromatic N) is 3. The topological polar surface area (TPSA) is 76.7 Å². The molecule has 0 saturated carbocycles. The van der Waals surface area contributed by atoms with Crippen molar-refractivity contribution in [2.75, 3.05) is 39.8 Å². The van der Waals surface area contributed by atoms with E-state index in [9.17, 15) is 14.4 Å². The lowest BCUT2D eigenvalue weighted by molar-refractivity contribution is -0.141. The maximum Gasteiger partial charge on any atom is 0.255 e. The second-order valence-corrected chi connectivity index (χ2v) is 8.46. The number of H-pyrrole nitrogens is 1. The Morgan fingerprint density at radius 3 is 2.56 bits per heavy atom. The van der Waals surface area contributed by atoms with Crippen molar-refractivity contribution in [2.45, 2.75) is 38.1 Å². The van der Waals surface area contributed by atoms with E-state index in [0.717, 1.165) is 45.3 Å². The summed E-state index contributed by atoms with van der Waals surface area (Å²) in [7, 11) is 2.12.